The number of benzene rings is 2. The molecule has 0 saturated heterocycles. The van der Waals surface area contributed by atoms with Gasteiger partial charge in [-0.05, 0) is 30.3 Å². The van der Waals surface area contributed by atoms with Crippen LogP contribution in [0.2, 0.25) is 0 Å². The Kier molecular flexibility index (Phi) is 4.08. The molecule has 0 radical (unpaired) electrons. The van der Waals surface area contributed by atoms with Crippen LogP contribution >= 0.6 is 11.3 Å². The standard InChI is InChI=1S/C17H14N2O3S/c1-19-13-9-8-12(16(21)22-2)10-14(13)23-17(19)18-15(20)11-6-4-3-5-7-11/h3-10H,1-2H3. The van der Waals surface area contributed by atoms with Crippen LogP contribution in [0.1, 0.15) is 20.7 Å². The summed E-state index contributed by atoms with van der Waals surface area (Å²) in [5.74, 6) is -0.678. The van der Waals surface area contributed by atoms with Gasteiger partial charge in [-0.25, -0.2) is 4.79 Å². The van der Waals surface area contributed by atoms with Crippen molar-refractivity contribution in [3.05, 3.63) is 64.5 Å². The number of hydrogen-bond acceptors (Lipinski definition) is 4. The molecule has 3 rings (SSSR count). The summed E-state index contributed by atoms with van der Waals surface area (Å²) in [5, 5.41) is 0. The van der Waals surface area contributed by atoms with Gasteiger partial charge in [0.15, 0.2) is 4.80 Å². The zero-order valence-corrected chi connectivity index (χ0v) is 13.5. The van der Waals surface area contributed by atoms with Gasteiger partial charge in [0.2, 0.25) is 0 Å². The maximum atomic E-state index is 12.2. The second-order valence-corrected chi connectivity index (χ2v) is 5.91. The average molecular weight is 326 g/mol. The number of amides is 1. The van der Waals surface area contributed by atoms with Crippen LogP contribution in [0, 0.1) is 0 Å². The molecule has 5 nitrogen and oxygen atoms in total. The lowest BCUT2D eigenvalue weighted by atomic mass is 10.2. The van der Waals surface area contributed by atoms with Crippen LogP contribution in [0.25, 0.3) is 10.2 Å². The van der Waals surface area contributed by atoms with Crippen LogP contribution < -0.4 is 4.80 Å². The van der Waals surface area contributed by atoms with Gasteiger partial charge in [0.05, 0.1) is 22.9 Å². The summed E-state index contributed by atoms with van der Waals surface area (Å²) in [6.45, 7) is 0. The van der Waals surface area contributed by atoms with Crippen molar-refractivity contribution in [2.45, 2.75) is 0 Å². The summed E-state index contributed by atoms with van der Waals surface area (Å²) in [5.41, 5.74) is 1.92. The van der Waals surface area contributed by atoms with Crippen molar-refractivity contribution >= 4 is 33.4 Å². The quantitative estimate of drug-likeness (QED) is 0.680. The number of methoxy groups -OCH3 is 1. The van der Waals surface area contributed by atoms with E-state index in [-0.39, 0.29) is 11.9 Å². The number of ether oxygens (including phenoxy) is 1. The molecule has 116 valence electrons. The van der Waals surface area contributed by atoms with E-state index in [9.17, 15) is 9.59 Å². The fraction of sp³-hybridized carbons (Fsp3) is 0.118. The largest absolute Gasteiger partial charge is 0.465 e. The smallest absolute Gasteiger partial charge is 0.337 e. The molecule has 0 unspecified atom stereocenters. The van der Waals surface area contributed by atoms with E-state index in [2.05, 4.69) is 4.99 Å². The summed E-state index contributed by atoms with van der Waals surface area (Å²) in [4.78, 5) is 28.6. The van der Waals surface area contributed by atoms with Gasteiger partial charge in [-0.15, -0.1) is 0 Å². The molecule has 0 aliphatic rings. The minimum Gasteiger partial charge on any atom is -0.465 e. The van der Waals surface area contributed by atoms with Gasteiger partial charge in [0, 0.05) is 12.6 Å². The van der Waals surface area contributed by atoms with Crippen molar-refractivity contribution in [1.82, 2.24) is 4.57 Å². The third kappa shape index (κ3) is 2.93. The number of fused-ring (bicyclic) bond motifs is 1. The van der Waals surface area contributed by atoms with E-state index in [1.807, 2.05) is 23.7 Å². The molecular formula is C17H14N2O3S. The van der Waals surface area contributed by atoms with Crippen LogP contribution in [0.5, 0.6) is 0 Å². The van der Waals surface area contributed by atoms with E-state index in [4.69, 9.17) is 4.74 Å². The molecule has 0 aliphatic carbocycles. The topological polar surface area (TPSA) is 60.7 Å². The fourth-order valence-corrected chi connectivity index (χ4v) is 3.27. The minimum absolute atomic E-state index is 0.291. The van der Waals surface area contributed by atoms with Crippen molar-refractivity contribution in [1.29, 1.82) is 0 Å². The lowest BCUT2D eigenvalue weighted by Crippen LogP contribution is -2.13. The Morgan fingerprint density at radius 2 is 1.83 bits per heavy atom. The number of carbonyl (C=O) groups excluding carboxylic acids is 2. The molecule has 6 heteroatoms. The Bertz CT molecular complexity index is 955. The first kappa shape index (κ1) is 15.2. The van der Waals surface area contributed by atoms with Gasteiger partial charge in [-0.3, -0.25) is 4.79 Å². The van der Waals surface area contributed by atoms with Gasteiger partial charge in [0.25, 0.3) is 5.91 Å². The highest BCUT2D eigenvalue weighted by atomic mass is 32.1. The highest BCUT2D eigenvalue weighted by molar-refractivity contribution is 7.16. The normalized spacial score (nSPS) is 11.7. The van der Waals surface area contributed by atoms with E-state index >= 15 is 0 Å². The van der Waals surface area contributed by atoms with Crippen molar-refractivity contribution in [2.24, 2.45) is 12.0 Å². The fourth-order valence-electron chi connectivity index (χ4n) is 2.22. The predicted octanol–water partition coefficient (Wildman–Crippen LogP) is 2.77. The molecule has 0 bridgehead atoms. The molecule has 0 atom stereocenters. The zero-order valence-electron chi connectivity index (χ0n) is 12.6. The summed E-state index contributed by atoms with van der Waals surface area (Å²) in [7, 11) is 3.19. The average Bonchev–Trinajstić information content (AvgIpc) is 2.90. The zero-order chi connectivity index (χ0) is 16.4. The Hall–Kier alpha value is -2.73. The molecule has 0 N–H and O–H groups in total. The van der Waals surface area contributed by atoms with E-state index < -0.39 is 0 Å². The molecule has 0 aliphatic heterocycles. The van der Waals surface area contributed by atoms with Crippen LogP contribution in [0.4, 0.5) is 0 Å². The van der Waals surface area contributed by atoms with Gasteiger partial charge in [0.1, 0.15) is 0 Å². The maximum absolute atomic E-state index is 12.2. The first-order chi connectivity index (χ1) is 11.1. The first-order valence-electron chi connectivity index (χ1n) is 6.92. The number of hydrogen-bond donors (Lipinski definition) is 0. The van der Waals surface area contributed by atoms with E-state index in [1.54, 1.807) is 36.4 Å². The number of aromatic nitrogens is 1. The highest BCUT2D eigenvalue weighted by Gasteiger charge is 2.10. The van der Waals surface area contributed by atoms with Crippen LogP contribution in [-0.4, -0.2) is 23.6 Å². The van der Waals surface area contributed by atoms with Crippen LogP contribution in [0.15, 0.2) is 53.5 Å². The van der Waals surface area contributed by atoms with Crippen LogP contribution in [0.3, 0.4) is 0 Å². The second kappa shape index (κ2) is 6.18. The Morgan fingerprint density at radius 3 is 2.52 bits per heavy atom. The number of esters is 1. The van der Waals surface area contributed by atoms with Gasteiger partial charge < -0.3 is 9.30 Å². The number of aryl methyl sites for hydroxylation is 1. The molecule has 0 saturated carbocycles. The monoisotopic (exact) mass is 326 g/mol. The van der Waals surface area contributed by atoms with Gasteiger partial charge in [-0.1, -0.05) is 29.5 Å². The van der Waals surface area contributed by atoms with E-state index in [1.165, 1.54) is 18.4 Å². The van der Waals surface area contributed by atoms with Crippen molar-refractivity contribution < 1.29 is 14.3 Å². The van der Waals surface area contributed by atoms with Crippen molar-refractivity contribution in [2.75, 3.05) is 7.11 Å². The highest BCUT2D eigenvalue weighted by Crippen LogP contribution is 2.19. The molecule has 1 aromatic heterocycles. The molecule has 0 fully saturated rings. The van der Waals surface area contributed by atoms with Crippen molar-refractivity contribution in [3.63, 3.8) is 0 Å². The lowest BCUT2D eigenvalue weighted by molar-refractivity contribution is 0.0601. The first-order valence-corrected chi connectivity index (χ1v) is 7.74. The number of thiazole rings is 1. The Balaban J connectivity index is 2.08. The summed E-state index contributed by atoms with van der Waals surface area (Å²) < 4.78 is 7.43. The number of rotatable bonds is 2. The van der Waals surface area contributed by atoms with Gasteiger partial charge >= 0.3 is 5.97 Å². The number of nitrogens with zero attached hydrogens (tertiary/aromatic N) is 2. The summed E-state index contributed by atoms with van der Waals surface area (Å²) in [6, 6.07) is 14.2. The molecule has 1 heterocycles. The molecular weight excluding hydrogens is 312 g/mol. The molecule has 23 heavy (non-hydrogen) atoms. The molecule has 2 aromatic carbocycles. The SMILES string of the molecule is COC(=O)c1ccc2c(c1)sc(=NC(=O)c1ccccc1)n2C. The summed E-state index contributed by atoms with van der Waals surface area (Å²) in [6.07, 6.45) is 0. The van der Waals surface area contributed by atoms with Crippen LogP contribution in [-0.2, 0) is 11.8 Å². The second-order valence-electron chi connectivity index (χ2n) is 4.90. The predicted molar refractivity (Wildman–Crippen MR) is 88.5 cm³/mol. The van der Waals surface area contributed by atoms with E-state index in [0.717, 1.165) is 10.2 Å². The van der Waals surface area contributed by atoms with Gasteiger partial charge in [-0.2, -0.15) is 4.99 Å². The summed E-state index contributed by atoms with van der Waals surface area (Å²) >= 11 is 1.36. The molecule has 3 aromatic rings. The molecule has 0 spiro atoms. The molecule has 1 amide bonds. The lowest BCUT2D eigenvalue weighted by Gasteiger charge is -1.99. The Morgan fingerprint density at radius 1 is 1.09 bits per heavy atom. The Labute approximate surface area is 136 Å². The van der Waals surface area contributed by atoms with Crippen molar-refractivity contribution in [3.8, 4) is 0 Å². The third-order valence-electron chi connectivity index (χ3n) is 3.45. The number of carbonyl (C=O) groups is 2. The maximum Gasteiger partial charge on any atom is 0.337 e. The van der Waals surface area contributed by atoms with E-state index in [0.29, 0.717) is 15.9 Å². The third-order valence-corrected chi connectivity index (χ3v) is 4.54. The minimum atomic E-state index is -0.387.